The third-order valence-electron chi connectivity index (χ3n) is 3.83. The maximum Gasteiger partial charge on any atom is 0.344 e. The Morgan fingerprint density at radius 2 is 2.45 bits per heavy atom. The molecule has 20 heavy (non-hydrogen) atoms. The summed E-state index contributed by atoms with van der Waals surface area (Å²) >= 11 is 0. The van der Waals surface area contributed by atoms with Crippen LogP contribution in [0.1, 0.15) is 37.3 Å². The lowest BCUT2D eigenvalue weighted by molar-refractivity contribution is -0.0584. The molecule has 1 aromatic heterocycles. The van der Waals surface area contributed by atoms with Crippen LogP contribution in [0.4, 0.5) is 4.79 Å². The fourth-order valence-electron chi connectivity index (χ4n) is 2.77. The molecule has 0 unspecified atom stereocenters. The van der Waals surface area contributed by atoms with Crippen LogP contribution in [0.15, 0.2) is 22.9 Å². The smallest absolute Gasteiger partial charge is 0.344 e. The van der Waals surface area contributed by atoms with E-state index in [0.29, 0.717) is 18.8 Å². The Hall–Kier alpha value is -2.02. The van der Waals surface area contributed by atoms with Crippen molar-refractivity contribution in [3.63, 3.8) is 0 Å². The maximum atomic E-state index is 11.9. The van der Waals surface area contributed by atoms with Crippen molar-refractivity contribution in [2.75, 3.05) is 6.54 Å². The molecule has 2 atom stereocenters. The summed E-state index contributed by atoms with van der Waals surface area (Å²) in [6, 6.07) is 1.31. The quantitative estimate of drug-likeness (QED) is 0.818. The third-order valence-corrected chi connectivity index (χ3v) is 3.83. The first-order valence-corrected chi connectivity index (χ1v) is 6.70. The number of fused-ring (bicyclic) bond motifs is 2. The van der Waals surface area contributed by atoms with Gasteiger partial charge in [-0.05, 0) is 19.8 Å². The molecule has 2 amide bonds. The molecule has 0 spiro atoms. The fourth-order valence-corrected chi connectivity index (χ4v) is 2.77. The number of carbonyl (C=O) groups is 1. The Balaban J connectivity index is 1.73. The number of allylic oxidation sites excluding steroid dienone is 1. The zero-order valence-electron chi connectivity index (χ0n) is 11.4. The molecular weight excluding hydrogens is 260 g/mol. The lowest BCUT2D eigenvalue weighted by atomic mass is 9.98. The van der Waals surface area contributed by atoms with Crippen molar-refractivity contribution in [2.24, 2.45) is 0 Å². The number of hydrogen-bond acceptors (Lipinski definition) is 5. The number of aromatic nitrogens is 1. The normalized spacial score (nSPS) is 25.2. The number of piperidine rings is 1. The second-order valence-electron chi connectivity index (χ2n) is 5.38. The molecule has 2 bridgehead atoms. The summed E-state index contributed by atoms with van der Waals surface area (Å²) in [5.41, 5.74) is 1.60. The molecule has 2 aliphatic rings. The van der Waals surface area contributed by atoms with Crippen LogP contribution in [-0.4, -0.2) is 38.9 Å². The van der Waals surface area contributed by atoms with E-state index in [1.54, 1.807) is 4.90 Å². The van der Waals surface area contributed by atoms with Gasteiger partial charge in [-0.15, -0.1) is 0 Å². The molecule has 3 rings (SSSR count). The van der Waals surface area contributed by atoms with E-state index in [1.807, 2.05) is 13.0 Å². The van der Waals surface area contributed by atoms with Crippen LogP contribution in [-0.2, 0) is 6.54 Å². The van der Waals surface area contributed by atoms with Gasteiger partial charge in [0.2, 0.25) is 0 Å². The van der Waals surface area contributed by atoms with Gasteiger partial charge in [-0.1, -0.05) is 11.7 Å². The number of carbonyl (C=O) groups excluding carboxylic acids is 1. The predicted octanol–water partition coefficient (Wildman–Crippen LogP) is 1.63. The number of nitrogens with one attached hydrogen (secondary N) is 1. The molecule has 0 aliphatic carbocycles. The van der Waals surface area contributed by atoms with Crippen LogP contribution < -0.4 is 5.32 Å². The maximum absolute atomic E-state index is 11.9. The highest BCUT2D eigenvalue weighted by molar-refractivity contribution is 5.76. The van der Waals surface area contributed by atoms with E-state index in [9.17, 15) is 10.0 Å². The van der Waals surface area contributed by atoms with E-state index < -0.39 is 0 Å². The summed E-state index contributed by atoms with van der Waals surface area (Å²) in [4.78, 5) is 13.6. The molecule has 0 aromatic carbocycles. The molecular formula is C13H18N4O3. The van der Waals surface area contributed by atoms with E-state index in [1.165, 1.54) is 0 Å². The van der Waals surface area contributed by atoms with Crippen LogP contribution in [0.2, 0.25) is 0 Å². The van der Waals surface area contributed by atoms with Gasteiger partial charge in [0.05, 0.1) is 18.6 Å². The molecule has 0 radical (unpaired) electrons. The molecule has 7 nitrogen and oxygen atoms in total. The van der Waals surface area contributed by atoms with E-state index >= 15 is 0 Å². The Bertz CT molecular complexity index is 541. The minimum absolute atomic E-state index is 0.0878. The SMILES string of the molecule is C=C(C)NCc1cc([C@@H]2CC[C@@H]3CN2C(=O)N3O)no1. The van der Waals surface area contributed by atoms with Gasteiger partial charge >= 0.3 is 6.03 Å². The van der Waals surface area contributed by atoms with Crippen molar-refractivity contribution in [2.45, 2.75) is 38.4 Å². The first-order valence-electron chi connectivity index (χ1n) is 6.70. The first-order chi connectivity index (χ1) is 9.56. The van der Waals surface area contributed by atoms with E-state index in [4.69, 9.17) is 4.52 Å². The number of nitrogens with zero attached hydrogens (tertiary/aromatic N) is 3. The van der Waals surface area contributed by atoms with Gasteiger partial charge in [-0.2, -0.15) is 0 Å². The van der Waals surface area contributed by atoms with Crippen LogP contribution in [0, 0.1) is 0 Å². The molecule has 108 valence electrons. The lowest BCUT2D eigenvalue weighted by Gasteiger charge is -2.28. The second-order valence-corrected chi connectivity index (χ2v) is 5.38. The minimum atomic E-state index is -0.345. The number of hydrogen-bond donors (Lipinski definition) is 2. The van der Waals surface area contributed by atoms with Gasteiger partial charge < -0.3 is 14.7 Å². The summed E-state index contributed by atoms with van der Waals surface area (Å²) in [5, 5.41) is 17.6. The Labute approximate surface area is 116 Å². The minimum Gasteiger partial charge on any atom is -0.382 e. The molecule has 2 N–H and O–H groups in total. The summed E-state index contributed by atoms with van der Waals surface area (Å²) in [6.45, 7) is 6.70. The highest BCUT2D eigenvalue weighted by Crippen LogP contribution is 2.37. The van der Waals surface area contributed by atoms with Crippen LogP contribution >= 0.6 is 0 Å². The molecule has 1 aromatic rings. The van der Waals surface area contributed by atoms with Crippen molar-refractivity contribution >= 4 is 6.03 Å². The Morgan fingerprint density at radius 1 is 1.65 bits per heavy atom. The van der Waals surface area contributed by atoms with Crippen molar-refractivity contribution in [3.05, 3.63) is 29.8 Å². The molecule has 2 saturated heterocycles. The van der Waals surface area contributed by atoms with Crippen molar-refractivity contribution in [1.29, 1.82) is 0 Å². The van der Waals surface area contributed by atoms with Gasteiger partial charge in [0.15, 0.2) is 5.76 Å². The molecule has 2 fully saturated rings. The van der Waals surface area contributed by atoms with Gasteiger partial charge in [0, 0.05) is 18.3 Å². The Morgan fingerprint density at radius 3 is 3.20 bits per heavy atom. The molecule has 3 heterocycles. The van der Waals surface area contributed by atoms with Crippen LogP contribution in [0.5, 0.6) is 0 Å². The standard InChI is InChI=1S/C13H18N4O3/c1-8(2)14-6-10-5-11(15-20-10)12-4-3-9-7-16(12)13(18)17(9)19/h5,9,12,14,19H,1,3-4,6-7H2,2H3/t9-,12+/m1/s1. The van der Waals surface area contributed by atoms with Crippen molar-refractivity contribution in [3.8, 4) is 0 Å². The molecule has 0 saturated carbocycles. The number of rotatable bonds is 4. The highest BCUT2D eigenvalue weighted by atomic mass is 16.5. The average Bonchev–Trinajstić information content (AvgIpc) is 2.98. The van der Waals surface area contributed by atoms with E-state index in [-0.39, 0.29) is 18.1 Å². The van der Waals surface area contributed by atoms with E-state index in [0.717, 1.165) is 29.3 Å². The van der Waals surface area contributed by atoms with Crippen LogP contribution in [0.25, 0.3) is 0 Å². The largest absolute Gasteiger partial charge is 0.382 e. The van der Waals surface area contributed by atoms with E-state index in [2.05, 4.69) is 17.1 Å². The highest BCUT2D eigenvalue weighted by Gasteiger charge is 2.45. The van der Waals surface area contributed by atoms with Crippen molar-refractivity contribution < 1.29 is 14.5 Å². The summed E-state index contributed by atoms with van der Waals surface area (Å²) in [7, 11) is 0. The number of hydroxylamine groups is 2. The Kier molecular flexibility index (Phi) is 3.13. The lowest BCUT2D eigenvalue weighted by Crippen LogP contribution is -2.34. The summed E-state index contributed by atoms with van der Waals surface area (Å²) in [6.07, 6.45) is 1.56. The third kappa shape index (κ3) is 2.14. The predicted molar refractivity (Wildman–Crippen MR) is 69.6 cm³/mol. The topological polar surface area (TPSA) is 81.8 Å². The van der Waals surface area contributed by atoms with Crippen molar-refractivity contribution in [1.82, 2.24) is 20.4 Å². The second kappa shape index (κ2) is 4.82. The zero-order chi connectivity index (χ0) is 14.3. The van der Waals surface area contributed by atoms with Gasteiger partial charge in [-0.3, -0.25) is 5.21 Å². The summed E-state index contributed by atoms with van der Waals surface area (Å²) < 4.78 is 5.27. The summed E-state index contributed by atoms with van der Waals surface area (Å²) in [5.74, 6) is 0.706. The number of urea groups is 1. The fraction of sp³-hybridized carbons (Fsp3) is 0.538. The van der Waals surface area contributed by atoms with Gasteiger partial charge in [-0.25, -0.2) is 9.86 Å². The number of amides is 2. The van der Waals surface area contributed by atoms with Gasteiger partial charge in [0.1, 0.15) is 5.69 Å². The molecule has 2 aliphatic heterocycles. The molecule has 7 heteroatoms. The van der Waals surface area contributed by atoms with Gasteiger partial charge in [0.25, 0.3) is 0 Å². The monoisotopic (exact) mass is 278 g/mol. The zero-order valence-corrected chi connectivity index (χ0v) is 11.4. The first kappa shape index (κ1) is 13.0. The average molecular weight is 278 g/mol. The van der Waals surface area contributed by atoms with Crippen LogP contribution in [0.3, 0.4) is 0 Å².